The van der Waals surface area contributed by atoms with Crippen LogP contribution in [0.25, 0.3) is 6.08 Å². The molecule has 0 unspecified atom stereocenters. The number of rotatable bonds is 2. The summed E-state index contributed by atoms with van der Waals surface area (Å²) in [5.41, 5.74) is 4.89. The van der Waals surface area contributed by atoms with Crippen LogP contribution in [0.5, 0.6) is 0 Å². The van der Waals surface area contributed by atoms with Crippen LogP contribution >= 0.6 is 0 Å². The molecule has 2 aliphatic heterocycles. The molecule has 0 amide bonds. The number of nitrogens with one attached hydrogen (secondary N) is 1. The highest BCUT2D eigenvalue weighted by molar-refractivity contribution is 5.64. The molecule has 0 bridgehead atoms. The van der Waals surface area contributed by atoms with Crippen LogP contribution in [-0.4, -0.2) is 31.2 Å². The first-order chi connectivity index (χ1) is 10.9. The standard InChI is InChI=1S/C18H20N4/c1-2-15-14-22(11-7-18(15)20-8-1)17-5-3-16(4-6-17)21-12-9-19-10-13-21/h1-8,11,19H,9-10,12-14H2. The Bertz CT molecular complexity index is 672. The van der Waals surface area contributed by atoms with Crippen molar-refractivity contribution in [1.29, 1.82) is 0 Å². The van der Waals surface area contributed by atoms with E-state index in [2.05, 4.69) is 62.7 Å². The van der Waals surface area contributed by atoms with Gasteiger partial charge in [0, 0.05) is 56.5 Å². The lowest BCUT2D eigenvalue weighted by Gasteiger charge is -2.30. The molecule has 4 nitrogen and oxygen atoms in total. The third-order valence-corrected chi connectivity index (χ3v) is 4.34. The Labute approximate surface area is 131 Å². The second kappa shape index (κ2) is 5.81. The predicted molar refractivity (Wildman–Crippen MR) is 91.0 cm³/mol. The molecule has 0 saturated carbocycles. The molecule has 0 atom stereocenters. The second-order valence-corrected chi connectivity index (χ2v) is 5.74. The Hall–Kier alpha value is -2.33. The fraction of sp³-hybridized carbons (Fsp3) is 0.278. The van der Waals surface area contributed by atoms with E-state index in [1.807, 2.05) is 12.3 Å². The zero-order chi connectivity index (χ0) is 14.8. The van der Waals surface area contributed by atoms with E-state index in [0.29, 0.717) is 0 Å². The Kier molecular flexibility index (Phi) is 3.52. The molecule has 1 aromatic heterocycles. The molecule has 1 aromatic carbocycles. The number of piperazine rings is 1. The number of aromatic nitrogens is 1. The van der Waals surface area contributed by atoms with Gasteiger partial charge in [0.25, 0.3) is 0 Å². The van der Waals surface area contributed by atoms with Gasteiger partial charge in [-0.05, 0) is 42.0 Å². The zero-order valence-corrected chi connectivity index (χ0v) is 12.6. The number of hydrogen-bond donors (Lipinski definition) is 1. The number of hydrogen-bond acceptors (Lipinski definition) is 4. The predicted octanol–water partition coefficient (Wildman–Crippen LogP) is 2.48. The first-order valence-corrected chi connectivity index (χ1v) is 7.85. The molecule has 0 radical (unpaired) electrons. The fourth-order valence-corrected chi connectivity index (χ4v) is 3.09. The molecule has 4 heteroatoms. The number of anilines is 2. The molecule has 1 saturated heterocycles. The Morgan fingerprint density at radius 2 is 1.73 bits per heavy atom. The molecule has 2 aliphatic rings. The van der Waals surface area contributed by atoms with Crippen molar-refractivity contribution in [1.82, 2.24) is 10.3 Å². The van der Waals surface area contributed by atoms with Crippen LogP contribution in [0.4, 0.5) is 11.4 Å². The van der Waals surface area contributed by atoms with Gasteiger partial charge >= 0.3 is 0 Å². The Balaban J connectivity index is 1.52. The van der Waals surface area contributed by atoms with Crippen LogP contribution in [0.1, 0.15) is 11.3 Å². The lowest BCUT2D eigenvalue weighted by atomic mass is 10.1. The molecule has 112 valence electrons. The van der Waals surface area contributed by atoms with Crippen LogP contribution in [0.2, 0.25) is 0 Å². The molecule has 2 aromatic rings. The number of benzene rings is 1. The van der Waals surface area contributed by atoms with Gasteiger partial charge in [0.1, 0.15) is 0 Å². The fourth-order valence-electron chi connectivity index (χ4n) is 3.09. The summed E-state index contributed by atoms with van der Waals surface area (Å²) in [6.45, 7) is 5.19. The van der Waals surface area contributed by atoms with Gasteiger partial charge in [0.15, 0.2) is 0 Å². The van der Waals surface area contributed by atoms with Crippen LogP contribution in [-0.2, 0) is 6.54 Å². The first-order valence-electron chi connectivity index (χ1n) is 7.85. The van der Waals surface area contributed by atoms with Crippen molar-refractivity contribution in [2.75, 3.05) is 36.0 Å². The highest BCUT2D eigenvalue weighted by atomic mass is 15.2. The third kappa shape index (κ3) is 2.57. The van der Waals surface area contributed by atoms with Gasteiger partial charge in [0.05, 0.1) is 5.69 Å². The van der Waals surface area contributed by atoms with Crippen molar-refractivity contribution < 1.29 is 0 Å². The van der Waals surface area contributed by atoms with E-state index >= 15 is 0 Å². The summed E-state index contributed by atoms with van der Waals surface area (Å²) >= 11 is 0. The Morgan fingerprint density at radius 1 is 0.955 bits per heavy atom. The van der Waals surface area contributed by atoms with Crippen molar-refractivity contribution in [3.05, 3.63) is 60.1 Å². The topological polar surface area (TPSA) is 31.4 Å². The van der Waals surface area contributed by atoms with E-state index in [-0.39, 0.29) is 0 Å². The van der Waals surface area contributed by atoms with E-state index < -0.39 is 0 Å². The van der Waals surface area contributed by atoms with Gasteiger partial charge < -0.3 is 15.1 Å². The van der Waals surface area contributed by atoms with Gasteiger partial charge in [-0.3, -0.25) is 4.98 Å². The monoisotopic (exact) mass is 292 g/mol. The number of fused-ring (bicyclic) bond motifs is 1. The van der Waals surface area contributed by atoms with Crippen molar-refractivity contribution in [2.45, 2.75) is 6.54 Å². The smallest absolute Gasteiger partial charge is 0.0694 e. The summed E-state index contributed by atoms with van der Waals surface area (Å²) in [5, 5.41) is 3.39. The van der Waals surface area contributed by atoms with Crippen molar-refractivity contribution in [2.24, 2.45) is 0 Å². The molecular formula is C18H20N4. The van der Waals surface area contributed by atoms with Crippen molar-refractivity contribution in [3.8, 4) is 0 Å². The average molecular weight is 292 g/mol. The largest absolute Gasteiger partial charge is 0.369 e. The number of pyridine rings is 1. The number of nitrogens with zero attached hydrogens (tertiary/aromatic N) is 3. The molecule has 1 fully saturated rings. The maximum Gasteiger partial charge on any atom is 0.0694 e. The molecular weight excluding hydrogens is 272 g/mol. The molecule has 4 rings (SSSR count). The van der Waals surface area contributed by atoms with E-state index in [4.69, 9.17) is 0 Å². The summed E-state index contributed by atoms with van der Waals surface area (Å²) < 4.78 is 0. The maximum atomic E-state index is 4.40. The molecule has 3 heterocycles. The quantitative estimate of drug-likeness (QED) is 0.921. The van der Waals surface area contributed by atoms with Crippen LogP contribution in [0.15, 0.2) is 48.8 Å². The van der Waals surface area contributed by atoms with Gasteiger partial charge in [-0.1, -0.05) is 6.07 Å². The van der Waals surface area contributed by atoms with E-state index in [0.717, 1.165) is 38.4 Å². The molecule has 1 N–H and O–H groups in total. The van der Waals surface area contributed by atoms with Crippen LogP contribution in [0.3, 0.4) is 0 Å². The van der Waals surface area contributed by atoms with Crippen molar-refractivity contribution >= 4 is 17.5 Å². The van der Waals surface area contributed by atoms with Crippen LogP contribution < -0.4 is 15.1 Å². The molecule has 22 heavy (non-hydrogen) atoms. The lowest BCUT2D eigenvalue weighted by Crippen LogP contribution is -2.43. The van der Waals surface area contributed by atoms with E-state index in [1.54, 1.807) is 0 Å². The average Bonchev–Trinajstić information content (AvgIpc) is 2.62. The minimum Gasteiger partial charge on any atom is -0.369 e. The lowest BCUT2D eigenvalue weighted by molar-refractivity contribution is 0.589. The summed E-state index contributed by atoms with van der Waals surface area (Å²) in [7, 11) is 0. The Morgan fingerprint density at radius 3 is 2.55 bits per heavy atom. The van der Waals surface area contributed by atoms with Gasteiger partial charge in [-0.2, -0.15) is 0 Å². The highest BCUT2D eigenvalue weighted by Gasteiger charge is 2.14. The first kappa shape index (κ1) is 13.3. The minimum atomic E-state index is 0.882. The van der Waals surface area contributed by atoms with Crippen LogP contribution in [0, 0.1) is 0 Å². The highest BCUT2D eigenvalue weighted by Crippen LogP contribution is 2.26. The molecule has 0 aliphatic carbocycles. The SMILES string of the molecule is C1=CN(c2ccc(N3CCNCC3)cc2)Cc2cccnc21. The van der Waals surface area contributed by atoms with Gasteiger partial charge in [0.2, 0.25) is 0 Å². The van der Waals surface area contributed by atoms with Gasteiger partial charge in [-0.15, -0.1) is 0 Å². The normalized spacial score (nSPS) is 17.5. The third-order valence-electron chi connectivity index (χ3n) is 4.34. The van der Waals surface area contributed by atoms with E-state index in [1.165, 1.54) is 16.9 Å². The zero-order valence-electron chi connectivity index (χ0n) is 12.6. The minimum absolute atomic E-state index is 0.882. The summed E-state index contributed by atoms with van der Waals surface area (Å²) in [4.78, 5) is 9.10. The van der Waals surface area contributed by atoms with Crippen molar-refractivity contribution in [3.63, 3.8) is 0 Å². The summed E-state index contributed by atoms with van der Waals surface area (Å²) in [5.74, 6) is 0. The van der Waals surface area contributed by atoms with Gasteiger partial charge in [-0.25, -0.2) is 0 Å². The summed E-state index contributed by atoms with van der Waals surface area (Å²) in [6.07, 6.45) is 6.05. The van der Waals surface area contributed by atoms with E-state index in [9.17, 15) is 0 Å². The summed E-state index contributed by atoms with van der Waals surface area (Å²) in [6, 6.07) is 13.0. The maximum absolute atomic E-state index is 4.40. The molecule has 0 spiro atoms. The second-order valence-electron chi connectivity index (χ2n) is 5.74.